The largest absolute Gasteiger partial charge is 0.481 e. The maximum Gasteiger partial charge on any atom is 0.308 e. The van der Waals surface area contributed by atoms with Gasteiger partial charge in [0.05, 0.1) is 5.92 Å². The lowest BCUT2D eigenvalue weighted by Gasteiger charge is -2.32. The van der Waals surface area contributed by atoms with Gasteiger partial charge in [-0.15, -0.1) is 0 Å². The van der Waals surface area contributed by atoms with Gasteiger partial charge in [-0.1, -0.05) is 25.1 Å². The first kappa shape index (κ1) is 14.0. The van der Waals surface area contributed by atoms with Gasteiger partial charge in [0.25, 0.3) is 0 Å². The number of benzene rings is 1. The van der Waals surface area contributed by atoms with Crippen LogP contribution < -0.4 is 0 Å². The van der Waals surface area contributed by atoms with Crippen molar-refractivity contribution in [1.82, 2.24) is 4.90 Å². The summed E-state index contributed by atoms with van der Waals surface area (Å²) in [7, 11) is 0. The zero-order chi connectivity index (χ0) is 14.0. The number of likely N-dealkylation sites (tertiary alicyclic amines) is 1. The first-order valence-corrected chi connectivity index (χ1v) is 6.79. The predicted molar refractivity (Wildman–Crippen MR) is 71.3 cm³/mol. The Hall–Kier alpha value is -1.42. The SMILES string of the molecule is CCC(c1ccccc1F)N1CCC(C(=O)O)C1C. The maximum atomic E-state index is 13.9. The van der Waals surface area contributed by atoms with E-state index < -0.39 is 5.97 Å². The Labute approximate surface area is 113 Å². The van der Waals surface area contributed by atoms with Crippen LogP contribution in [0.5, 0.6) is 0 Å². The highest BCUT2D eigenvalue weighted by Crippen LogP contribution is 2.35. The van der Waals surface area contributed by atoms with Crippen LogP contribution in [-0.4, -0.2) is 28.6 Å². The van der Waals surface area contributed by atoms with E-state index in [4.69, 9.17) is 0 Å². The lowest BCUT2D eigenvalue weighted by molar-refractivity contribution is -0.142. The highest BCUT2D eigenvalue weighted by atomic mass is 19.1. The van der Waals surface area contributed by atoms with E-state index in [2.05, 4.69) is 4.90 Å². The molecule has 0 radical (unpaired) electrons. The Morgan fingerprint density at radius 2 is 2.21 bits per heavy atom. The fraction of sp³-hybridized carbons (Fsp3) is 0.533. The Morgan fingerprint density at radius 3 is 2.74 bits per heavy atom. The monoisotopic (exact) mass is 265 g/mol. The van der Waals surface area contributed by atoms with E-state index >= 15 is 0 Å². The van der Waals surface area contributed by atoms with Crippen LogP contribution in [0.1, 0.15) is 38.3 Å². The molecule has 3 unspecified atom stereocenters. The van der Waals surface area contributed by atoms with E-state index in [0.717, 1.165) is 6.42 Å². The second-order valence-electron chi connectivity index (χ2n) is 5.16. The third-order valence-electron chi connectivity index (χ3n) is 4.17. The van der Waals surface area contributed by atoms with E-state index in [1.807, 2.05) is 19.9 Å². The minimum absolute atomic E-state index is 0.0412. The Balaban J connectivity index is 2.24. The lowest BCUT2D eigenvalue weighted by Crippen LogP contribution is -2.36. The van der Waals surface area contributed by atoms with Gasteiger partial charge in [0.15, 0.2) is 0 Å². The average molecular weight is 265 g/mol. The molecule has 0 amide bonds. The van der Waals surface area contributed by atoms with Crippen LogP contribution in [0.3, 0.4) is 0 Å². The highest BCUT2D eigenvalue weighted by molar-refractivity contribution is 5.71. The average Bonchev–Trinajstić information content (AvgIpc) is 2.75. The number of hydrogen-bond acceptors (Lipinski definition) is 2. The maximum absolute atomic E-state index is 13.9. The van der Waals surface area contributed by atoms with Gasteiger partial charge in [0.2, 0.25) is 0 Å². The van der Waals surface area contributed by atoms with E-state index in [-0.39, 0.29) is 23.8 Å². The van der Waals surface area contributed by atoms with Crippen LogP contribution in [0, 0.1) is 11.7 Å². The molecule has 0 aromatic heterocycles. The molecule has 0 spiro atoms. The molecule has 3 nitrogen and oxygen atoms in total. The number of hydrogen-bond donors (Lipinski definition) is 1. The molecule has 1 fully saturated rings. The van der Waals surface area contributed by atoms with Crippen molar-refractivity contribution in [3.8, 4) is 0 Å². The number of halogens is 1. The Morgan fingerprint density at radius 1 is 1.53 bits per heavy atom. The van der Waals surface area contributed by atoms with Crippen LogP contribution >= 0.6 is 0 Å². The molecule has 19 heavy (non-hydrogen) atoms. The molecule has 1 aromatic rings. The molecule has 1 aliphatic heterocycles. The van der Waals surface area contributed by atoms with E-state index in [9.17, 15) is 14.3 Å². The van der Waals surface area contributed by atoms with Crippen molar-refractivity contribution >= 4 is 5.97 Å². The van der Waals surface area contributed by atoms with Crippen molar-refractivity contribution in [3.63, 3.8) is 0 Å². The van der Waals surface area contributed by atoms with Crippen molar-refractivity contribution in [2.45, 2.75) is 38.8 Å². The molecule has 4 heteroatoms. The number of nitrogens with zero attached hydrogens (tertiary/aromatic N) is 1. The van der Waals surface area contributed by atoms with Crippen molar-refractivity contribution in [3.05, 3.63) is 35.6 Å². The number of rotatable bonds is 4. The Bertz CT molecular complexity index is 463. The van der Waals surface area contributed by atoms with Crippen LogP contribution in [0.25, 0.3) is 0 Å². The minimum Gasteiger partial charge on any atom is -0.481 e. The second-order valence-corrected chi connectivity index (χ2v) is 5.16. The molecule has 1 heterocycles. The third-order valence-corrected chi connectivity index (χ3v) is 4.17. The summed E-state index contributed by atoms with van der Waals surface area (Å²) in [6, 6.07) is 6.68. The smallest absolute Gasteiger partial charge is 0.308 e. The fourth-order valence-electron chi connectivity index (χ4n) is 3.11. The van der Waals surface area contributed by atoms with Gasteiger partial charge in [-0.05, 0) is 32.4 Å². The van der Waals surface area contributed by atoms with Crippen molar-refractivity contribution < 1.29 is 14.3 Å². The van der Waals surface area contributed by atoms with Gasteiger partial charge in [-0.3, -0.25) is 9.69 Å². The summed E-state index contributed by atoms with van der Waals surface area (Å²) in [6.45, 7) is 4.65. The van der Waals surface area contributed by atoms with Gasteiger partial charge < -0.3 is 5.11 Å². The van der Waals surface area contributed by atoms with Gasteiger partial charge in [0, 0.05) is 17.6 Å². The highest BCUT2D eigenvalue weighted by Gasteiger charge is 2.39. The Kier molecular flexibility index (Phi) is 4.20. The molecule has 2 rings (SSSR count). The van der Waals surface area contributed by atoms with Gasteiger partial charge in [-0.25, -0.2) is 4.39 Å². The summed E-state index contributed by atoms with van der Waals surface area (Å²) in [5, 5.41) is 9.18. The first-order valence-electron chi connectivity index (χ1n) is 6.79. The standard InChI is InChI=1S/C15H20FNO2/c1-3-14(12-6-4-5-7-13(12)16)17-9-8-11(10(17)2)15(18)19/h4-7,10-11,14H,3,8-9H2,1-2H3,(H,18,19). The van der Waals surface area contributed by atoms with Gasteiger partial charge in [0.1, 0.15) is 5.82 Å². The lowest BCUT2D eigenvalue weighted by atomic mass is 9.98. The number of carbonyl (C=O) groups is 1. The molecule has 0 saturated carbocycles. The first-order chi connectivity index (χ1) is 9.06. The van der Waals surface area contributed by atoms with Crippen LogP contribution in [0.4, 0.5) is 4.39 Å². The molecule has 0 bridgehead atoms. The minimum atomic E-state index is -0.751. The summed E-state index contributed by atoms with van der Waals surface area (Å²) >= 11 is 0. The molecule has 104 valence electrons. The predicted octanol–water partition coefficient (Wildman–Crippen LogP) is 3.07. The van der Waals surface area contributed by atoms with E-state index in [1.54, 1.807) is 12.1 Å². The summed E-state index contributed by atoms with van der Waals surface area (Å²) in [6.07, 6.45) is 1.42. The van der Waals surface area contributed by atoms with Gasteiger partial charge >= 0.3 is 5.97 Å². The summed E-state index contributed by atoms with van der Waals surface area (Å²) in [4.78, 5) is 13.3. The summed E-state index contributed by atoms with van der Waals surface area (Å²) < 4.78 is 13.9. The zero-order valence-corrected chi connectivity index (χ0v) is 11.3. The zero-order valence-electron chi connectivity index (χ0n) is 11.3. The van der Waals surface area contributed by atoms with E-state index in [0.29, 0.717) is 18.5 Å². The molecule has 3 atom stereocenters. The topological polar surface area (TPSA) is 40.5 Å². The third kappa shape index (κ3) is 2.63. The molecule has 1 aliphatic rings. The summed E-state index contributed by atoms with van der Waals surface area (Å²) in [5.41, 5.74) is 0.669. The van der Waals surface area contributed by atoms with Crippen LogP contribution in [0.2, 0.25) is 0 Å². The number of carboxylic acid groups (broad SMARTS) is 1. The van der Waals surface area contributed by atoms with Gasteiger partial charge in [-0.2, -0.15) is 0 Å². The fourth-order valence-corrected chi connectivity index (χ4v) is 3.11. The number of carboxylic acids is 1. The molecular formula is C15H20FNO2. The van der Waals surface area contributed by atoms with Crippen molar-refractivity contribution in [2.75, 3.05) is 6.54 Å². The van der Waals surface area contributed by atoms with Crippen molar-refractivity contribution in [1.29, 1.82) is 0 Å². The number of aliphatic carboxylic acids is 1. The second kappa shape index (κ2) is 5.70. The quantitative estimate of drug-likeness (QED) is 0.909. The molecular weight excluding hydrogens is 245 g/mol. The molecule has 1 N–H and O–H groups in total. The molecule has 1 saturated heterocycles. The van der Waals surface area contributed by atoms with Crippen LogP contribution in [-0.2, 0) is 4.79 Å². The van der Waals surface area contributed by atoms with E-state index in [1.165, 1.54) is 6.07 Å². The molecule has 0 aliphatic carbocycles. The molecule has 1 aromatic carbocycles. The summed E-state index contributed by atoms with van der Waals surface area (Å²) in [5.74, 6) is -1.31. The van der Waals surface area contributed by atoms with Crippen molar-refractivity contribution in [2.24, 2.45) is 5.92 Å². The normalized spacial score (nSPS) is 25.4. The van der Waals surface area contributed by atoms with Crippen LogP contribution in [0.15, 0.2) is 24.3 Å².